The summed E-state index contributed by atoms with van der Waals surface area (Å²) in [6.07, 6.45) is 1.60. The van der Waals surface area contributed by atoms with E-state index < -0.39 is 0 Å². The number of benzene rings is 1. The lowest BCUT2D eigenvalue weighted by molar-refractivity contribution is 0.102. The number of nitrogens with zero attached hydrogens (tertiary/aromatic N) is 2. The highest BCUT2D eigenvalue weighted by Gasteiger charge is 2.16. The summed E-state index contributed by atoms with van der Waals surface area (Å²) in [6.45, 7) is 0. The smallest absolute Gasteiger partial charge is 0.212 e. The van der Waals surface area contributed by atoms with Gasteiger partial charge in [0.05, 0.1) is 7.11 Å². The highest BCUT2D eigenvalue weighted by molar-refractivity contribution is 9.10. The number of aryl methyl sites for hydroxylation is 1. The maximum atomic E-state index is 12.3. The lowest BCUT2D eigenvalue weighted by Gasteiger charge is -2.06. The van der Waals surface area contributed by atoms with Crippen LogP contribution in [-0.2, 0) is 7.05 Å². The van der Waals surface area contributed by atoms with Gasteiger partial charge in [0.1, 0.15) is 11.4 Å². The van der Waals surface area contributed by atoms with E-state index in [1.165, 1.54) is 0 Å². The third kappa shape index (κ3) is 2.24. The van der Waals surface area contributed by atoms with Crippen molar-refractivity contribution in [2.75, 3.05) is 7.11 Å². The van der Waals surface area contributed by atoms with Crippen LogP contribution in [-0.4, -0.2) is 22.7 Å². The van der Waals surface area contributed by atoms with Gasteiger partial charge in [0.2, 0.25) is 5.78 Å². The summed E-state index contributed by atoms with van der Waals surface area (Å²) >= 11 is 3.36. The molecule has 1 aromatic heterocycles. The molecule has 2 aromatic rings. The lowest BCUT2D eigenvalue weighted by atomic mass is 10.1. The first-order valence-electron chi connectivity index (χ1n) is 4.99. The summed E-state index contributed by atoms with van der Waals surface area (Å²) in [6, 6.07) is 6.99. The minimum Gasteiger partial charge on any atom is -0.497 e. The first-order chi connectivity index (χ1) is 8.13. The number of ether oxygens (including phenoxy) is 1. The maximum Gasteiger partial charge on any atom is 0.212 e. The second-order valence-corrected chi connectivity index (χ2v) is 4.37. The topological polar surface area (TPSA) is 44.1 Å². The number of ketones is 1. The fourth-order valence-corrected chi connectivity index (χ4v) is 1.97. The molecular weight excluding hydrogens is 284 g/mol. The van der Waals surface area contributed by atoms with Gasteiger partial charge in [0.15, 0.2) is 0 Å². The maximum absolute atomic E-state index is 12.3. The molecule has 0 amide bonds. The fraction of sp³-hybridized carbons (Fsp3) is 0.167. The summed E-state index contributed by atoms with van der Waals surface area (Å²) in [5, 5.41) is 3.98. The average molecular weight is 295 g/mol. The van der Waals surface area contributed by atoms with Crippen molar-refractivity contribution in [3.05, 3.63) is 46.2 Å². The summed E-state index contributed by atoms with van der Waals surface area (Å²) in [5.41, 5.74) is 1.10. The lowest BCUT2D eigenvalue weighted by Crippen LogP contribution is -2.09. The Bertz CT molecular complexity index is 563. The van der Waals surface area contributed by atoms with Gasteiger partial charge in [-0.05, 0) is 24.3 Å². The van der Waals surface area contributed by atoms with Crippen LogP contribution in [0.4, 0.5) is 0 Å². The number of hydrogen-bond acceptors (Lipinski definition) is 3. The number of aromatic nitrogens is 2. The highest BCUT2D eigenvalue weighted by atomic mass is 79.9. The molecule has 0 radical (unpaired) electrons. The van der Waals surface area contributed by atoms with E-state index in [-0.39, 0.29) is 5.78 Å². The molecule has 0 aliphatic heterocycles. The van der Waals surface area contributed by atoms with Gasteiger partial charge in [-0.15, -0.1) is 0 Å². The molecule has 0 aliphatic carbocycles. The van der Waals surface area contributed by atoms with Crippen LogP contribution in [0.1, 0.15) is 16.1 Å². The van der Waals surface area contributed by atoms with E-state index in [1.807, 2.05) is 0 Å². The minimum atomic E-state index is -0.0872. The molecule has 2 rings (SSSR count). The van der Waals surface area contributed by atoms with Crippen LogP contribution in [0.2, 0.25) is 0 Å². The van der Waals surface area contributed by atoms with Crippen molar-refractivity contribution in [3.8, 4) is 5.75 Å². The standard InChI is InChI=1S/C12H11BrN2O2/c1-15-11(5-6-14-15)12(16)9-7-8(17-2)3-4-10(9)13/h3-7H,1-2H3. The summed E-state index contributed by atoms with van der Waals surface area (Å²) < 4.78 is 7.40. The Hall–Kier alpha value is -1.62. The van der Waals surface area contributed by atoms with E-state index in [0.29, 0.717) is 17.0 Å². The zero-order valence-corrected chi connectivity index (χ0v) is 11.1. The third-order valence-corrected chi connectivity index (χ3v) is 3.16. The SMILES string of the molecule is COc1ccc(Br)c(C(=O)c2ccnn2C)c1. The quantitative estimate of drug-likeness (QED) is 0.817. The molecule has 0 aliphatic rings. The molecule has 5 heteroatoms. The van der Waals surface area contributed by atoms with Gasteiger partial charge in [-0.3, -0.25) is 9.48 Å². The van der Waals surface area contributed by atoms with Gasteiger partial charge >= 0.3 is 0 Å². The van der Waals surface area contributed by atoms with E-state index in [2.05, 4.69) is 21.0 Å². The zero-order valence-electron chi connectivity index (χ0n) is 9.48. The van der Waals surface area contributed by atoms with Crippen molar-refractivity contribution in [1.29, 1.82) is 0 Å². The molecule has 0 spiro atoms. The van der Waals surface area contributed by atoms with Crippen molar-refractivity contribution in [1.82, 2.24) is 9.78 Å². The average Bonchev–Trinajstić information content (AvgIpc) is 2.75. The third-order valence-electron chi connectivity index (χ3n) is 2.47. The number of methoxy groups -OCH3 is 1. The molecule has 0 bridgehead atoms. The molecule has 1 aromatic carbocycles. The normalized spacial score (nSPS) is 10.3. The van der Waals surface area contributed by atoms with Gasteiger partial charge in [0.25, 0.3) is 0 Å². The molecule has 4 nitrogen and oxygen atoms in total. The van der Waals surface area contributed by atoms with Gasteiger partial charge in [-0.25, -0.2) is 0 Å². The second kappa shape index (κ2) is 4.71. The number of carbonyl (C=O) groups excluding carboxylic acids is 1. The number of rotatable bonds is 3. The number of carbonyl (C=O) groups is 1. The Morgan fingerprint density at radius 2 is 2.18 bits per heavy atom. The first kappa shape index (κ1) is 11.9. The van der Waals surface area contributed by atoms with E-state index in [9.17, 15) is 4.79 Å². The van der Waals surface area contributed by atoms with Crippen LogP contribution in [0.15, 0.2) is 34.9 Å². The predicted molar refractivity (Wildman–Crippen MR) is 67.3 cm³/mol. The second-order valence-electron chi connectivity index (χ2n) is 3.51. The van der Waals surface area contributed by atoms with Crippen molar-refractivity contribution >= 4 is 21.7 Å². The van der Waals surface area contributed by atoms with Gasteiger partial charge in [-0.2, -0.15) is 5.10 Å². The summed E-state index contributed by atoms with van der Waals surface area (Å²) in [5.74, 6) is 0.564. The Morgan fingerprint density at radius 1 is 1.41 bits per heavy atom. The van der Waals surface area contributed by atoms with Crippen LogP contribution in [0.25, 0.3) is 0 Å². The molecule has 0 fully saturated rings. The van der Waals surface area contributed by atoms with E-state index in [4.69, 9.17) is 4.74 Å². The summed E-state index contributed by atoms with van der Waals surface area (Å²) in [7, 11) is 3.31. The van der Waals surface area contributed by atoms with Crippen LogP contribution in [0, 0.1) is 0 Å². The Morgan fingerprint density at radius 3 is 2.76 bits per heavy atom. The minimum absolute atomic E-state index is 0.0872. The molecule has 0 N–H and O–H groups in total. The van der Waals surface area contributed by atoms with Gasteiger partial charge in [0, 0.05) is 23.3 Å². The summed E-state index contributed by atoms with van der Waals surface area (Å²) in [4.78, 5) is 12.3. The molecule has 0 unspecified atom stereocenters. The van der Waals surface area contributed by atoms with Crippen LogP contribution >= 0.6 is 15.9 Å². The van der Waals surface area contributed by atoms with E-state index in [0.717, 1.165) is 4.47 Å². The Labute approximate surface area is 107 Å². The largest absolute Gasteiger partial charge is 0.497 e. The fourth-order valence-electron chi connectivity index (χ4n) is 1.54. The highest BCUT2D eigenvalue weighted by Crippen LogP contribution is 2.24. The molecule has 0 atom stereocenters. The van der Waals surface area contributed by atoms with Crippen molar-refractivity contribution in [2.24, 2.45) is 7.05 Å². The van der Waals surface area contributed by atoms with Crippen LogP contribution in [0.3, 0.4) is 0 Å². The zero-order chi connectivity index (χ0) is 12.4. The van der Waals surface area contributed by atoms with Crippen molar-refractivity contribution in [2.45, 2.75) is 0 Å². The van der Waals surface area contributed by atoms with E-state index >= 15 is 0 Å². The molecule has 88 valence electrons. The molecule has 1 heterocycles. The monoisotopic (exact) mass is 294 g/mol. The Balaban J connectivity index is 2.47. The van der Waals surface area contributed by atoms with Gasteiger partial charge < -0.3 is 4.74 Å². The number of hydrogen-bond donors (Lipinski definition) is 0. The van der Waals surface area contributed by atoms with Crippen molar-refractivity contribution in [3.63, 3.8) is 0 Å². The van der Waals surface area contributed by atoms with E-state index in [1.54, 1.807) is 49.3 Å². The van der Waals surface area contributed by atoms with Crippen molar-refractivity contribution < 1.29 is 9.53 Å². The number of halogens is 1. The molecule has 0 saturated heterocycles. The molecule has 17 heavy (non-hydrogen) atoms. The van der Waals surface area contributed by atoms with Crippen LogP contribution < -0.4 is 4.74 Å². The molecule has 0 saturated carbocycles. The predicted octanol–water partition coefficient (Wildman–Crippen LogP) is 2.42. The Kier molecular flexibility index (Phi) is 3.28. The first-order valence-corrected chi connectivity index (χ1v) is 5.79. The molecular formula is C12H11BrN2O2. The van der Waals surface area contributed by atoms with Gasteiger partial charge in [-0.1, -0.05) is 15.9 Å². The van der Waals surface area contributed by atoms with Crippen LogP contribution in [0.5, 0.6) is 5.75 Å².